The van der Waals surface area contributed by atoms with E-state index in [4.69, 9.17) is 0 Å². The van der Waals surface area contributed by atoms with Gasteiger partial charge in [-0.1, -0.05) is 30.7 Å². The van der Waals surface area contributed by atoms with E-state index in [2.05, 4.69) is 39.3 Å². The number of aromatic nitrogens is 2. The maximum absolute atomic E-state index is 13.4. The second kappa shape index (κ2) is 9.45. The number of nitrogens with zero attached hydrogens (tertiary/aromatic N) is 5. The van der Waals surface area contributed by atoms with Crippen LogP contribution in [-0.2, 0) is 23.8 Å². The summed E-state index contributed by atoms with van der Waals surface area (Å²) in [6, 6.07) is 11.0. The molecule has 1 saturated carbocycles. The normalized spacial score (nSPS) is 24.1. The first kappa shape index (κ1) is 23.0. The number of rotatable bonds is 3. The Labute approximate surface area is 201 Å². The number of amides is 2. The molecule has 2 aliphatic heterocycles. The standard InChI is InChI=1S/C27H35N5O2/c1-20-15-25(29-30(20)2)26(34)32-17-21-7-3-6-10-24(21)27(18-32)11-13-31(14-12-27)23-9-5-4-8-22(16-23)28-19-33/h3,6-7,10,15,19,23H,4-5,8-9,11-14,16-18H2,1-2H3. The lowest BCUT2D eigenvalue weighted by atomic mass is 9.68. The third-order valence-electron chi connectivity index (χ3n) is 8.29. The van der Waals surface area contributed by atoms with Gasteiger partial charge in [-0.05, 0) is 69.3 Å². The molecule has 3 aliphatic rings. The zero-order valence-electron chi connectivity index (χ0n) is 20.4. The molecule has 1 atom stereocenters. The summed E-state index contributed by atoms with van der Waals surface area (Å²) in [5.74, 6) is 0.0264. The topological polar surface area (TPSA) is 70.8 Å². The molecule has 2 amide bonds. The van der Waals surface area contributed by atoms with E-state index < -0.39 is 0 Å². The van der Waals surface area contributed by atoms with Gasteiger partial charge in [-0.15, -0.1) is 0 Å². The van der Waals surface area contributed by atoms with E-state index >= 15 is 0 Å². The van der Waals surface area contributed by atoms with Crippen LogP contribution in [0.15, 0.2) is 35.3 Å². The van der Waals surface area contributed by atoms with Gasteiger partial charge < -0.3 is 4.90 Å². The van der Waals surface area contributed by atoms with Gasteiger partial charge in [-0.25, -0.2) is 4.99 Å². The Kier molecular flexibility index (Phi) is 6.38. The van der Waals surface area contributed by atoms with Crippen LogP contribution in [-0.4, -0.2) is 63.3 Å². The Morgan fingerprint density at radius 1 is 1.21 bits per heavy atom. The lowest BCUT2D eigenvalue weighted by Crippen LogP contribution is -2.54. The molecule has 1 aliphatic carbocycles. The number of aliphatic imine (C=N–C) groups is 1. The summed E-state index contributed by atoms with van der Waals surface area (Å²) in [6.07, 6.45) is 8.12. The van der Waals surface area contributed by atoms with Gasteiger partial charge in [0.15, 0.2) is 5.69 Å². The van der Waals surface area contributed by atoms with Crippen molar-refractivity contribution < 1.29 is 9.59 Å². The van der Waals surface area contributed by atoms with Crippen molar-refractivity contribution in [1.82, 2.24) is 19.6 Å². The van der Waals surface area contributed by atoms with Crippen LogP contribution in [0.25, 0.3) is 0 Å². The number of aryl methyl sites for hydroxylation is 2. The first-order valence-corrected chi connectivity index (χ1v) is 12.6. The van der Waals surface area contributed by atoms with E-state index in [-0.39, 0.29) is 11.3 Å². The van der Waals surface area contributed by atoms with Crippen molar-refractivity contribution in [3.63, 3.8) is 0 Å². The smallest absolute Gasteiger partial charge is 0.274 e. The highest BCUT2D eigenvalue weighted by atomic mass is 16.2. The van der Waals surface area contributed by atoms with Crippen molar-refractivity contribution in [3.05, 3.63) is 52.8 Å². The molecule has 0 radical (unpaired) electrons. The minimum atomic E-state index is -0.0186. The minimum absolute atomic E-state index is 0.0186. The van der Waals surface area contributed by atoms with Crippen LogP contribution in [0.1, 0.15) is 72.3 Å². The van der Waals surface area contributed by atoms with Gasteiger partial charge in [-0.3, -0.25) is 19.2 Å². The highest BCUT2D eigenvalue weighted by Gasteiger charge is 2.44. The van der Waals surface area contributed by atoms with Crippen molar-refractivity contribution >= 4 is 18.0 Å². The first-order valence-electron chi connectivity index (χ1n) is 12.6. The molecule has 180 valence electrons. The third kappa shape index (κ3) is 4.33. The summed E-state index contributed by atoms with van der Waals surface area (Å²) in [7, 11) is 1.88. The number of hydrogen-bond donors (Lipinski definition) is 0. The number of likely N-dealkylation sites (tertiary alicyclic amines) is 1. The molecule has 7 nitrogen and oxygen atoms in total. The van der Waals surface area contributed by atoms with E-state index in [9.17, 15) is 9.59 Å². The summed E-state index contributed by atoms with van der Waals surface area (Å²) < 4.78 is 1.77. The fourth-order valence-electron chi connectivity index (χ4n) is 6.29. The van der Waals surface area contributed by atoms with Crippen LogP contribution in [0, 0.1) is 6.92 Å². The Balaban J connectivity index is 1.36. The van der Waals surface area contributed by atoms with Gasteiger partial charge in [0.1, 0.15) is 0 Å². The molecule has 2 fully saturated rings. The molecule has 1 unspecified atom stereocenters. The highest BCUT2D eigenvalue weighted by Crippen LogP contribution is 2.43. The van der Waals surface area contributed by atoms with Gasteiger partial charge >= 0.3 is 0 Å². The Hall–Kier alpha value is -2.80. The van der Waals surface area contributed by atoms with Gasteiger partial charge in [0.2, 0.25) is 6.41 Å². The molecule has 0 N–H and O–H groups in total. The summed E-state index contributed by atoms with van der Waals surface area (Å²) in [4.78, 5) is 33.2. The van der Waals surface area contributed by atoms with Crippen LogP contribution in [0.5, 0.6) is 0 Å². The lowest BCUT2D eigenvalue weighted by Gasteiger charge is -2.50. The van der Waals surface area contributed by atoms with Crippen molar-refractivity contribution in [3.8, 4) is 0 Å². The number of benzene rings is 1. The molecule has 5 rings (SSSR count). The minimum Gasteiger partial charge on any atom is -0.332 e. The van der Waals surface area contributed by atoms with Crippen molar-refractivity contribution in [1.29, 1.82) is 0 Å². The Morgan fingerprint density at radius 3 is 2.74 bits per heavy atom. The molecule has 1 spiro atoms. The lowest BCUT2D eigenvalue weighted by molar-refractivity contribution is -0.106. The van der Waals surface area contributed by atoms with Crippen LogP contribution >= 0.6 is 0 Å². The van der Waals surface area contributed by atoms with Crippen molar-refractivity contribution in [2.24, 2.45) is 12.0 Å². The zero-order chi connectivity index (χ0) is 23.7. The molecule has 1 aromatic heterocycles. The van der Waals surface area contributed by atoms with Crippen LogP contribution in [0.2, 0.25) is 0 Å². The van der Waals surface area contributed by atoms with Crippen molar-refractivity contribution in [2.75, 3.05) is 19.6 Å². The Morgan fingerprint density at radius 2 is 2.00 bits per heavy atom. The number of piperidine rings is 1. The fourth-order valence-corrected chi connectivity index (χ4v) is 6.29. The SMILES string of the molecule is Cc1cc(C(=O)N2Cc3ccccc3C3(CCN(C4CCCCC(=NC=O)C4)CC3)C2)nn1C. The quantitative estimate of drug-likeness (QED) is 0.517. The zero-order valence-corrected chi connectivity index (χ0v) is 20.4. The predicted octanol–water partition coefficient (Wildman–Crippen LogP) is 3.65. The second-order valence-corrected chi connectivity index (χ2v) is 10.3. The molecule has 1 aromatic carbocycles. The number of carbonyl (C=O) groups excluding carboxylic acids is 2. The summed E-state index contributed by atoms with van der Waals surface area (Å²) in [5.41, 5.74) is 5.24. The van der Waals surface area contributed by atoms with Gasteiger partial charge in [0, 0.05) is 49.4 Å². The van der Waals surface area contributed by atoms with E-state index in [1.165, 1.54) is 24.0 Å². The third-order valence-corrected chi connectivity index (χ3v) is 8.29. The maximum atomic E-state index is 13.4. The summed E-state index contributed by atoms with van der Waals surface area (Å²) in [6.45, 7) is 5.39. The second-order valence-electron chi connectivity index (χ2n) is 10.3. The largest absolute Gasteiger partial charge is 0.332 e. The molecule has 1 saturated heterocycles. The maximum Gasteiger partial charge on any atom is 0.274 e. The number of hydrogen-bond acceptors (Lipinski definition) is 4. The molecule has 3 heterocycles. The molecular weight excluding hydrogens is 426 g/mol. The van der Waals surface area contributed by atoms with E-state index in [1.54, 1.807) is 4.68 Å². The van der Waals surface area contributed by atoms with Crippen molar-refractivity contribution in [2.45, 2.75) is 69.9 Å². The van der Waals surface area contributed by atoms with Gasteiger partial charge in [0.05, 0.1) is 0 Å². The molecule has 0 bridgehead atoms. The van der Waals surface area contributed by atoms with Crippen LogP contribution in [0.4, 0.5) is 0 Å². The number of carbonyl (C=O) groups is 2. The summed E-state index contributed by atoms with van der Waals surface area (Å²) >= 11 is 0. The highest BCUT2D eigenvalue weighted by molar-refractivity contribution is 5.92. The van der Waals surface area contributed by atoms with Gasteiger partial charge in [-0.2, -0.15) is 5.10 Å². The van der Waals surface area contributed by atoms with Gasteiger partial charge in [0.25, 0.3) is 5.91 Å². The fraction of sp³-hybridized carbons (Fsp3) is 0.556. The molecule has 2 aromatic rings. The van der Waals surface area contributed by atoms with E-state index in [0.29, 0.717) is 24.7 Å². The number of fused-ring (bicyclic) bond motifs is 2. The van der Waals surface area contributed by atoms with E-state index in [1.807, 2.05) is 24.9 Å². The Bertz CT molecular complexity index is 1080. The molecule has 7 heteroatoms. The summed E-state index contributed by atoms with van der Waals surface area (Å²) in [5, 5.41) is 4.46. The average molecular weight is 462 g/mol. The predicted molar refractivity (Wildman–Crippen MR) is 132 cm³/mol. The monoisotopic (exact) mass is 461 g/mol. The van der Waals surface area contributed by atoms with E-state index in [0.717, 1.165) is 63.1 Å². The van der Waals surface area contributed by atoms with Crippen LogP contribution in [0.3, 0.4) is 0 Å². The first-order chi connectivity index (χ1) is 16.5. The van der Waals surface area contributed by atoms with Crippen LogP contribution < -0.4 is 0 Å². The molecule has 34 heavy (non-hydrogen) atoms. The molecular formula is C27H35N5O2. The average Bonchev–Trinajstić information content (AvgIpc) is 3.03.